The van der Waals surface area contributed by atoms with Crippen LogP contribution in [0.4, 0.5) is 0 Å². The molecule has 1 aromatic rings. The summed E-state index contributed by atoms with van der Waals surface area (Å²) in [6.07, 6.45) is 8.76. The third kappa shape index (κ3) is 2.19. The first-order chi connectivity index (χ1) is 10.5. The Labute approximate surface area is 131 Å². The fraction of sp³-hybridized carbons (Fsp3) is 0.368. The van der Waals surface area contributed by atoms with Crippen molar-refractivity contribution in [3.05, 3.63) is 65.8 Å². The van der Waals surface area contributed by atoms with Crippen LogP contribution in [0.25, 0.3) is 0 Å². The molecule has 0 amide bonds. The zero-order chi connectivity index (χ0) is 15.8. The van der Waals surface area contributed by atoms with Gasteiger partial charge in [-0.05, 0) is 32.7 Å². The minimum atomic E-state index is -0.517. The van der Waals surface area contributed by atoms with Crippen molar-refractivity contribution < 1.29 is 9.53 Å². The van der Waals surface area contributed by atoms with Gasteiger partial charge in [-0.3, -0.25) is 4.90 Å². The Balaban J connectivity index is 1.95. The number of rotatable bonds is 4. The van der Waals surface area contributed by atoms with Crippen molar-refractivity contribution >= 4 is 5.94 Å². The molecule has 3 atom stereocenters. The smallest absolute Gasteiger partial charge is 0.128 e. The van der Waals surface area contributed by atoms with E-state index in [-0.39, 0.29) is 11.6 Å². The van der Waals surface area contributed by atoms with Gasteiger partial charge in [0.1, 0.15) is 17.6 Å². The lowest BCUT2D eigenvalue weighted by Crippen LogP contribution is -2.36. The summed E-state index contributed by atoms with van der Waals surface area (Å²) in [5.74, 6) is 2.08. The quantitative estimate of drug-likeness (QED) is 0.800. The molecule has 2 aliphatic rings. The highest BCUT2D eigenvalue weighted by atomic mass is 16.5. The zero-order valence-corrected chi connectivity index (χ0v) is 13.2. The SMILES string of the molecule is CN(C)C1(C)C(=C=O)C1OC1(c2ccccc2)C=CC=CC1. The van der Waals surface area contributed by atoms with Crippen LogP contribution >= 0.6 is 0 Å². The Morgan fingerprint density at radius 3 is 2.45 bits per heavy atom. The number of hydrogen-bond donors (Lipinski definition) is 0. The summed E-state index contributed by atoms with van der Waals surface area (Å²) in [5.41, 5.74) is 0.916. The summed E-state index contributed by atoms with van der Waals surface area (Å²) < 4.78 is 6.48. The molecule has 2 aliphatic carbocycles. The highest BCUT2D eigenvalue weighted by Crippen LogP contribution is 2.51. The zero-order valence-electron chi connectivity index (χ0n) is 13.2. The fourth-order valence-electron chi connectivity index (χ4n) is 3.10. The molecule has 22 heavy (non-hydrogen) atoms. The second kappa shape index (κ2) is 5.36. The predicted octanol–water partition coefficient (Wildman–Crippen LogP) is 2.88. The summed E-state index contributed by atoms with van der Waals surface area (Å²) in [7, 11) is 3.93. The molecular formula is C19H21NO2. The van der Waals surface area contributed by atoms with E-state index in [1.54, 1.807) is 0 Å². The lowest BCUT2D eigenvalue weighted by atomic mass is 9.87. The highest BCUT2D eigenvalue weighted by molar-refractivity contribution is 5.70. The summed E-state index contributed by atoms with van der Waals surface area (Å²) >= 11 is 0. The first kappa shape index (κ1) is 15.0. The van der Waals surface area contributed by atoms with Gasteiger partial charge in [-0.2, -0.15) is 0 Å². The molecule has 0 saturated heterocycles. The first-order valence-electron chi connectivity index (χ1n) is 7.55. The second-order valence-corrected chi connectivity index (χ2v) is 6.30. The van der Waals surface area contributed by atoms with Crippen molar-refractivity contribution in [2.45, 2.75) is 30.6 Å². The monoisotopic (exact) mass is 295 g/mol. The molecule has 0 N–H and O–H groups in total. The predicted molar refractivity (Wildman–Crippen MR) is 87.2 cm³/mol. The highest BCUT2D eigenvalue weighted by Gasteiger charge is 2.63. The van der Waals surface area contributed by atoms with E-state index in [2.05, 4.69) is 30.2 Å². The molecular weight excluding hydrogens is 274 g/mol. The van der Waals surface area contributed by atoms with Crippen molar-refractivity contribution in [3.63, 3.8) is 0 Å². The van der Waals surface area contributed by atoms with Crippen LogP contribution in [0.1, 0.15) is 18.9 Å². The molecule has 114 valence electrons. The van der Waals surface area contributed by atoms with E-state index in [0.717, 1.165) is 12.0 Å². The largest absolute Gasteiger partial charge is 0.355 e. The number of allylic oxidation sites excluding steroid dienone is 2. The average Bonchev–Trinajstić information content (AvgIpc) is 3.13. The minimum Gasteiger partial charge on any atom is -0.355 e. The van der Waals surface area contributed by atoms with Crippen molar-refractivity contribution in [1.82, 2.24) is 4.90 Å². The molecule has 3 nitrogen and oxygen atoms in total. The number of carbonyl (C=O) groups excluding carboxylic acids is 1. The molecule has 3 unspecified atom stereocenters. The van der Waals surface area contributed by atoms with Gasteiger partial charge in [-0.25, -0.2) is 4.79 Å². The maximum absolute atomic E-state index is 11.3. The fourth-order valence-corrected chi connectivity index (χ4v) is 3.10. The first-order valence-corrected chi connectivity index (χ1v) is 7.55. The lowest BCUT2D eigenvalue weighted by molar-refractivity contribution is -0.0397. The number of likely N-dealkylation sites (N-methyl/N-ethyl adjacent to an activating group) is 1. The van der Waals surface area contributed by atoms with E-state index >= 15 is 0 Å². The Kier molecular flexibility index (Phi) is 3.65. The Bertz CT molecular complexity index is 670. The van der Waals surface area contributed by atoms with Gasteiger partial charge in [-0.15, -0.1) is 0 Å². The van der Waals surface area contributed by atoms with Crippen LogP contribution in [-0.4, -0.2) is 36.6 Å². The van der Waals surface area contributed by atoms with Gasteiger partial charge in [-0.1, -0.05) is 48.6 Å². The van der Waals surface area contributed by atoms with Crippen molar-refractivity contribution in [2.24, 2.45) is 0 Å². The molecule has 1 saturated carbocycles. The molecule has 0 heterocycles. The van der Waals surface area contributed by atoms with Crippen LogP contribution in [0.5, 0.6) is 0 Å². The minimum absolute atomic E-state index is 0.226. The molecule has 0 spiro atoms. The van der Waals surface area contributed by atoms with Gasteiger partial charge in [0.25, 0.3) is 0 Å². The van der Waals surface area contributed by atoms with Crippen molar-refractivity contribution in [1.29, 1.82) is 0 Å². The van der Waals surface area contributed by atoms with Crippen molar-refractivity contribution in [2.75, 3.05) is 14.1 Å². The molecule has 0 bridgehead atoms. The number of ether oxygens (including phenoxy) is 1. The standard InChI is InChI=1S/C19H21NO2/c1-18(20(2)3)16(14-21)17(18)22-19(12-8-5-9-13-19)15-10-6-4-7-11-15/h4-12,17H,13H2,1-3H3. The van der Waals surface area contributed by atoms with Crippen LogP contribution in [-0.2, 0) is 15.1 Å². The van der Waals surface area contributed by atoms with E-state index in [4.69, 9.17) is 4.74 Å². The summed E-state index contributed by atoms with van der Waals surface area (Å²) in [4.78, 5) is 13.3. The molecule has 3 heteroatoms. The maximum Gasteiger partial charge on any atom is 0.128 e. The number of hydrogen-bond acceptors (Lipinski definition) is 3. The second-order valence-electron chi connectivity index (χ2n) is 6.30. The van der Waals surface area contributed by atoms with E-state index in [1.165, 1.54) is 0 Å². The van der Waals surface area contributed by atoms with Gasteiger partial charge in [0.05, 0.1) is 11.1 Å². The van der Waals surface area contributed by atoms with Crippen LogP contribution in [0, 0.1) is 0 Å². The van der Waals surface area contributed by atoms with E-state index < -0.39 is 5.60 Å². The molecule has 3 rings (SSSR count). The van der Waals surface area contributed by atoms with E-state index in [1.807, 2.05) is 56.3 Å². The van der Waals surface area contributed by atoms with E-state index in [0.29, 0.717) is 5.57 Å². The van der Waals surface area contributed by atoms with Gasteiger partial charge in [0, 0.05) is 6.42 Å². The third-order valence-corrected chi connectivity index (χ3v) is 4.90. The van der Waals surface area contributed by atoms with Crippen LogP contribution < -0.4 is 0 Å². The van der Waals surface area contributed by atoms with Crippen molar-refractivity contribution in [3.8, 4) is 0 Å². The summed E-state index contributed by atoms with van der Waals surface area (Å²) in [5, 5.41) is 0. The third-order valence-electron chi connectivity index (χ3n) is 4.90. The molecule has 0 aliphatic heterocycles. The van der Waals surface area contributed by atoms with E-state index in [9.17, 15) is 4.79 Å². The topological polar surface area (TPSA) is 29.5 Å². The normalized spacial score (nSPS) is 33.1. The molecule has 1 fully saturated rings. The summed E-state index contributed by atoms with van der Waals surface area (Å²) in [6, 6.07) is 10.2. The number of benzene rings is 1. The van der Waals surface area contributed by atoms with Crippen LogP contribution in [0.15, 0.2) is 60.2 Å². The van der Waals surface area contributed by atoms with Gasteiger partial charge in [0.15, 0.2) is 0 Å². The average molecular weight is 295 g/mol. The maximum atomic E-state index is 11.3. The molecule has 0 aromatic heterocycles. The van der Waals surface area contributed by atoms with Gasteiger partial charge in [0.2, 0.25) is 0 Å². The Morgan fingerprint density at radius 2 is 1.95 bits per heavy atom. The Hall–Kier alpha value is -1.93. The van der Waals surface area contributed by atoms with Gasteiger partial charge >= 0.3 is 0 Å². The number of nitrogens with zero attached hydrogens (tertiary/aromatic N) is 1. The molecule has 0 radical (unpaired) electrons. The van der Waals surface area contributed by atoms with Crippen LogP contribution in [0.2, 0.25) is 0 Å². The van der Waals surface area contributed by atoms with Crippen LogP contribution in [0.3, 0.4) is 0 Å². The Morgan fingerprint density at radius 1 is 1.23 bits per heavy atom. The molecule has 1 aromatic carbocycles. The lowest BCUT2D eigenvalue weighted by Gasteiger charge is -2.33. The summed E-state index contributed by atoms with van der Waals surface area (Å²) in [6.45, 7) is 2.03. The van der Waals surface area contributed by atoms with Gasteiger partial charge < -0.3 is 4.74 Å².